The van der Waals surface area contributed by atoms with Crippen LogP contribution in [0.2, 0.25) is 0 Å². The average Bonchev–Trinajstić information content (AvgIpc) is 1.38. The molecule has 0 saturated heterocycles. The summed E-state index contributed by atoms with van der Waals surface area (Å²) in [5, 5.41) is 22.2. The van der Waals surface area contributed by atoms with Crippen LogP contribution in [-0.2, 0) is 0 Å². The Hall–Kier alpha value is -0.160. The second-order valence-corrected chi connectivity index (χ2v) is 0.514. The Morgan fingerprint density at radius 1 is 1.33 bits per heavy atom. The predicted molar refractivity (Wildman–Crippen MR) is 19.2 cm³/mol. The van der Waals surface area contributed by atoms with Gasteiger partial charge in [-0.25, -0.2) is 0 Å². The van der Waals surface area contributed by atoms with Crippen LogP contribution in [0.4, 0.5) is 0 Å². The summed E-state index contributed by atoms with van der Waals surface area (Å²) in [6, 6.07) is 0. The van der Waals surface area contributed by atoms with Gasteiger partial charge in [-0.2, -0.15) is 0 Å². The highest BCUT2D eigenvalue weighted by Gasteiger charge is 1.78. The summed E-state index contributed by atoms with van der Waals surface area (Å²) in [6.07, 6.45) is 0. The lowest BCUT2D eigenvalue weighted by molar-refractivity contribution is -0.335. The van der Waals surface area contributed by atoms with Gasteiger partial charge in [0.25, 0.3) is 0 Å². The molecule has 0 bridgehead atoms. The second kappa shape index (κ2) is 4.84. The third-order valence-electron chi connectivity index (χ3n) is 0.126. The zero-order valence-corrected chi connectivity index (χ0v) is 2.50. The van der Waals surface area contributed by atoms with Crippen molar-refractivity contribution in [2.45, 2.75) is 7.43 Å². The molecular weight excluding hydrogens is 86.0 g/mol. The van der Waals surface area contributed by atoms with Gasteiger partial charge in [-0.15, -0.1) is 0 Å². The minimum absolute atomic E-state index is 0. The molecule has 4 nitrogen and oxygen atoms in total. The number of hydroxylamine groups is 2. The van der Waals surface area contributed by atoms with E-state index in [4.69, 9.17) is 15.5 Å². The van der Waals surface area contributed by atoms with Gasteiger partial charge in [0.05, 0.1) is 0 Å². The normalized spacial score (nSPS) is 8.00. The van der Waals surface area contributed by atoms with Crippen molar-refractivity contribution >= 4 is 0 Å². The lowest BCUT2D eigenvalue weighted by Crippen LogP contribution is -2.13. The first-order valence-corrected chi connectivity index (χ1v) is 1.03. The van der Waals surface area contributed by atoms with Crippen LogP contribution in [0.5, 0.6) is 0 Å². The smallest absolute Gasteiger partial charge is 0.146 e. The van der Waals surface area contributed by atoms with Gasteiger partial charge in [0.15, 0.2) is 0 Å². The Bertz CT molecular complexity index is 22.8. The Morgan fingerprint density at radius 2 is 1.50 bits per heavy atom. The summed E-state index contributed by atoms with van der Waals surface area (Å²) in [4.78, 5) is 0. The van der Waals surface area contributed by atoms with Crippen LogP contribution in [0.1, 0.15) is 7.43 Å². The number of aliphatic hydroxyl groups is 1. The topological polar surface area (TPSA) is 63.9 Å². The van der Waals surface area contributed by atoms with Gasteiger partial charge in [0, 0.05) is 0 Å². The van der Waals surface area contributed by atoms with E-state index >= 15 is 0 Å². The fourth-order valence-electron chi connectivity index (χ4n) is 0. The van der Waals surface area contributed by atoms with Gasteiger partial charge in [0.2, 0.25) is 0 Å². The van der Waals surface area contributed by atoms with E-state index in [0.717, 1.165) is 0 Å². The summed E-state index contributed by atoms with van der Waals surface area (Å²) in [7, 11) is 0. The molecule has 0 atom stereocenters. The maximum atomic E-state index is 7.57. The SMILES string of the molecule is C.OCN(O)O. The van der Waals surface area contributed by atoms with Gasteiger partial charge in [0.1, 0.15) is 6.73 Å². The molecule has 0 aliphatic rings. The van der Waals surface area contributed by atoms with Crippen molar-refractivity contribution in [2.24, 2.45) is 0 Å². The largest absolute Gasteiger partial charge is 0.376 e. The Morgan fingerprint density at radius 3 is 1.50 bits per heavy atom. The van der Waals surface area contributed by atoms with Crippen LogP contribution < -0.4 is 0 Å². The molecule has 40 valence electrons. The summed E-state index contributed by atoms with van der Waals surface area (Å²) < 4.78 is 0. The van der Waals surface area contributed by atoms with Crippen LogP contribution in [-0.4, -0.2) is 27.5 Å². The highest BCUT2D eigenvalue weighted by Crippen LogP contribution is 1.57. The number of hydrogen-bond acceptors (Lipinski definition) is 4. The van der Waals surface area contributed by atoms with Crippen LogP contribution in [0.25, 0.3) is 0 Å². The average molecular weight is 95.1 g/mol. The lowest BCUT2D eigenvalue weighted by atomic mass is 11.3. The quantitative estimate of drug-likeness (QED) is 0.308. The molecule has 0 fully saturated rings. The first-order valence-electron chi connectivity index (χ1n) is 1.03. The molecule has 0 aliphatic heterocycles. The number of nitrogens with zero attached hydrogens (tertiary/aromatic N) is 1. The third kappa shape index (κ3) is 9.15. The van der Waals surface area contributed by atoms with Crippen molar-refractivity contribution in [1.82, 2.24) is 5.23 Å². The molecule has 0 heterocycles. The van der Waals surface area contributed by atoms with E-state index in [1.54, 1.807) is 0 Å². The van der Waals surface area contributed by atoms with E-state index in [1.165, 1.54) is 0 Å². The fourth-order valence-corrected chi connectivity index (χ4v) is 0. The number of hydrogen-bond donors (Lipinski definition) is 3. The zero-order valence-electron chi connectivity index (χ0n) is 2.50. The monoisotopic (exact) mass is 95.1 g/mol. The summed E-state index contributed by atoms with van der Waals surface area (Å²) in [5.41, 5.74) is 0. The fraction of sp³-hybridized carbons (Fsp3) is 1.00. The second-order valence-electron chi connectivity index (χ2n) is 0.514. The van der Waals surface area contributed by atoms with E-state index in [9.17, 15) is 0 Å². The van der Waals surface area contributed by atoms with Crippen molar-refractivity contribution in [3.05, 3.63) is 0 Å². The molecular formula is C2H9NO3. The summed E-state index contributed by atoms with van der Waals surface area (Å²) in [6.45, 7) is -0.750. The highest BCUT2D eigenvalue weighted by molar-refractivity contribution is 3.84. The minimum Gasteiger partial charge on any atom is -0.376 e. The molecule has 0 aliphatic carbocycles. The van der Waals surface area contributed by atoms with Crippen molar-refractivity contribution < 1.29 is 15.5 Å². The van der Waals surface area contributed by atoms with Crippen LogP contribution in [0.15, 0.2) is 0 Å². The first kappa shape index (κ1) is 9.28. The molecule has 0 aromatic rings. The molecule has 0 aromatic heterocycles. The zero-order chi connectivity index (χ0) is 4.28. The summed E-state index contributed by atoms with van der Waals surface area (Å²) >= 11 is 0. The Labute approximate surface area is 36.2 Å². The predicted octanol–water partition coefficient (Wildman–Crippen LogP) is -0.347. The number of aliphatic hydroxyl groups excluding tert-OH is 1. The first-order chi connectivity index (χ1) is 2.27. The van der Waals surface area contributed by atoms with Crippen molar-refractivity contribution in [3.8, 4) is 0 Å². The van der Waals surface area contributed by atoms with Gasteiger partial charge >= 0.3 is 0 Å². The maximum Gasteiger partial charge on any atom is 0.146 e. The Balaban J connectivity index is 0. The van der Waals surface area contributed by atoms with E-state index in [0.29, 0.717) is 0 Å². The van der Waals surface area contributed by atoms with Gasteiger partial charge in [-0.05, 0) is 5.23 Å². The van der Waals surface area contributed by atoms with Crippen LogP contribution >= 0.6 is 0 Å². The highest BCUT2D eigenvalue weighted by atomic mass is 16.8. The van der Waals surface area contributed by atoms with Crippen molar-refractivity contribution in [2.75, 3.05) is 6.73 Å². The van der Waals surface area contributed by atoms with E-state index in [2.05, 4.69) is 0 Å². The standard InChI is InChI=1S/CH5NO3.CH4/c3-1-2(4)5;/h3-5H,1H2;1H4. The molecule has 0 aromatic carbocycles. The molecule has 0 rings (SSSR count). The number of rotatable bonds is 1. The molecule has 0 amide bonds. The molecule has 3 N–H and O–H groups in total. The Kier molecular flexibility index (Phi) is 7.48. The van der Waals surface area contributed by atoms with Crippen LogP contribution in [0.3, 0.4) is 0 Å². The lowest BCUT2D eigenvalue weighted by Gasteiger charge is -1.94. The molecule has 6 heavy (non-hydrogen) atoms. The van der Waals surface area contributed by atoms with Gasteiger partial charge < -0.3 is 5.11 Å². The summed E-state index contributed by atoms with van der Waals surface area (Å²) in [5.74, 6) is 0. The minimum atomic E-state index is -0.750. The molecule has 0 saturated carbocycles. The van der Waals surface area contributed by atoms with Crippen molar-refractivity contribution in [3.63, 3.8) is 0 Å². The molecule has 0 unspecified atom stereocenters. The maximum absolute atomic E-state index is 7.57. The van der Waals surface area contributed by atoms with Crippen molar-refractivity contribution in [1.29, 1.82) is 0 Å². The molecule has 4 heteroatoms. The van der Waals surface area contributed by atoms with E-state index < -0.39 is 6.73 Å². The molecule has 0 spiro atoms. The van der Waals surface area contributed by atoms with Crippen LogP contribution in [0, 0.1) is 0 Å². The molecule has 0 radical (unpaired) electrons. The van der Waals surface area contributed by atoms with E-state index in [-0.39, 0.29) is 12.7 Å². The van der Waals surface area contributed by atoms with Gasteiger partial charge in [-0.3, -0.25) is 10.4 Å². The third-order valence-corrected chi connectivity index (χ3v) is 0.126. The van der Waals surface area contributed by atoms with Gasteiger partial charge in [-0.1, -0.05) is 7.43 Å². The van der Waals surface area contributed by atoms with E-state index in [1.807, 2.05) is 0 Å².